The lowest BCUT2D eigenvalue weighted by Crippen LogP contribution is -2.10. The molecule has 6 nitrogen and oxygen atoms in total. The van der Waals surface area contributed by atoms with Gasteiger partial charge in [-0.2, -0.15) is 0 Å². The van der Waals surface area contributed by atoms with Gasteiger partial charge in [-0.1, -0.05) is 5.21 Å². The van der Waals surface area contributed by atoms with Gasteiger partial charge in [0.05, 0.1) is 22.7 Å². The molecule has 0 saturated carbocycles. The van der Waals surface area contributed by atoms with Crippen molar-refractivity contribution < 1.29 is 17.2 Å². The molecule has 0 N–H and O–H groups in total. The van der Waals surface area contributed by atoms with E-state index in [-0.39, 0.29) is 11.4 Å². The molecule has 0 aliphatic rings. The summed E-state index contributed by atoms with van der Waals surface area (Å²) in [6.45, 7) is 1.70. The molecule has 10 heteroatoms. The molecule has 0 spiro atoms. The van der Waals surface area contributed by atoms with Gasteiger partial charge >= 0.3 is 0 Å². The van der Waals surface area contributed by atoms with Crippen LogP contribution in [0, 0.1) is 6.92 Å². The van der Waals surface area contributed by atoms with E-state index in [0.29, 0.717) is 10.6 Å². The molecule has 2 aromatic heterocycles. The van der Waals surface area contributed by atoms with Crippen molar-refractivity contribution in [3.8, 4) is 0 Å². The smallest absolute Gasteiger partial charge is 0.250 e. The van der Waals surface area contributed by atoms with E-state index >= 15 is 0 Å². The quantitative estimate of drug-likeness (QED) is 0.836. The number of hydrogen-bond acceptors (Lipinski definition) is 6. The maximum Gasteiger partial charge on any atom is 0.281 e. The molecule has 0 amide bonds. The van der Waals surface area contributed by atoms with Gasteiger partial charge in [-0.25, -0.2) is 26.9 Å². The van der Waals surface area contributed by atoms with Crippen LogP contribution in [0.15, 0.2) is 5.51 Å². The predicted molar refractivity (Wildman–Crippen MR) is 69.1 cm³/mol. The average Bonchev–Trinajstić information content (AvgIpc) is 2.85. The number of alkyl halides is 2. The Kier molecular flexibility index (Phi) is 4.14. The zero-order chi connectivity index (χ0) is 14.9. The van der Waals surface area contributed by atoms with Crippen molar-refractivity contribution in [3.05, 3.63) is 27.5 Å². The van der Waals surface area contributed by atoms with Crippen LogP contribution in [0.4, 0.5) is 8.78 Å². The fourth-order valence-electron chi connectivity index (χ4n) is 1.70. The van der Waals surface area contributed by atoms with Crippen molar-refractivity contribution in [3.63, 3.8) is 0 Å². The first-order valence-electron chi connectivity index (χ1n) is 5.56. The highest BCUT2D eigenvalue weighted by Gasteiger charge is 2.25. The number of nitrogens with zero attached hydrogens (tertiary/aromatic N) is 4. The highest BCUT2D eigenvalue weighted by Crippen LogP contribution is 2.24. The summed E-state index contributed by atoms with van der Waals surface area (Å²) in [5.74, 6) is -0.791. The second kappa shape index (κ2) is 5.52. The van der Waals surface area contributed by atoms with Crippen molar-refractivity contribution in [1.29, 1.82) is 0 Å². The van der Waals surface area contributed by atoms with Crippen LogP contribution in [0.2, 0.25) is 0 Å². The van der Waals surface area contributed by atoms with E-state index in [2.05, 4.69) is 15.3 Å². The highest BCUT2D eigenvalue weighted by atomic mass is 32.2. The van der Waals surface area contributed by atoms with Crippen LogP contribution >= 0.6 is 11.3 Å². The molecule has 110 valence electrons. The third kappa shape index (κ3) is 3.18. The first-order chi connectivity index (χ1) is 9.30. The van der Waals surface area contributed by atoms with Crippen molar-refractivity contribution >= 4 is 21.2 Å². The molecule has 2 aromatic rings. The van der Waals surface area contributed by atoms with Gasteiger partial charge in [0.25, 0.3) is 6.43 Å². The van der Waals surface area contributed by atoms with Gasteiger partial charge in [-0.3, -0.25) is 0 Å². The Morgan fingerprint density at radius 1 is 1.40 bits per heavy atom. The van der Waals surface area contributed by atoms with Crippen LogP contribution in [0.25, 0.3) is 0 Å². The van der Waals surface area contributed by atoms with Gasteiger partial charge < -0.3 is 0 Å². The minimum absolute atomic E-state index is 0.204. The first-order valence-corrected chi connectivity index (χ1v) is 8.26. The lowest BCUT2D eigenvalue weighted by atomic mass is 10.3. The van der Waals surface area contributed by atoms with E-state index in [1.807, 2.05) is 0 Å². The summed E-state index contributed by atoms with van der Waals surface area (Å²) in [5.41, 5.74) is 1.51. The normalized spacial score (nSPS) is 12.2. The van der Waals surface area contributed by atoms with E-state index in [4.69, 9.17) is 0 Å². The molecule has 20 heavy (non-hydrogen) atoms. The van der Waals surface area contributed by atoms with Crippen molar-refractivity contribution in [1.82, 2.24) is 20.0 Å². The Bertz CT molecular complexity index is 709. The van der Waals surface area contributed by atoms with Gasteiger partial charge in [-0.05, 0) is 6.92 Å². The van der Waals surface area contributed by atoms with Gasteiger partial charge in [0.2, 0.25) is 0 Å². The molecule has 0 fully saturated rings. The minimum atomic E-state index is -3.60. The summed E-state index contributed by atoms with van der Waals surface area (Å²) in [7, 11) is -2.30. The predicted octanol–water partition coefficient (Wildman–Crippen LogP) is 1.63. The summed E-state index contributed by atoms with van der Waals surface area (Å²) in [5, 5.41) is 6.96. The van der Waals surface area contributed by atoms with Gasteiger partial charge in [-0.15, -0.1) is 16.4 Å². The monoisotopic (exact) mass is 322 g/mol. The van der Waals surface area contributed by atoms with E-state index in [1.165, 1.54) is 18.4 Å². The van der Waals surface area contributed by atoms with E-state index in [9.17, 15) is 17.2 Å². The molecule has 0 bridgehead atoms. The molecule has 2 rings (SSSR count). The molecule has 0 saturated heterocycles. The number of sulfone groups is 1. The molecular formula is C10H12F2N4O2S2. The van der Waals surface area contributed by atoms with Crippen LogP contribution in [0.5, 0.6) is 0 Å². The zero-order valence-electron chi connectivity index (χ0n) is 10.7. The molecule has 2 heterocycles. The minimum Gasteiger partial charge on any atom is -0.250 e. The fourth-order valence-corrected chi connectivity index (χ4v) is 4.41. The van der Waals surface area contributed by atoms with Crippen LogP contribution in [-0.4, -0.2) is 28.4 Å². The molecular weight excluding hydrogens is 310 g/mol. The maximum absolute atomic E-state index is 12.8. The number of halogens is 2. The lowest BCUT2D eigenvalue weighted by molar-refractivity contribution is 0.140. The maximum atomic E-state index is 12.8. The Morgan fingerprint density at radius 2 is 2.10 bits per heavy atom. The molecule has 0 aliphatic carbocycles. The summed E-state index contributed by atoms with van der Waals surface area (Å²) in [4.78, 5) is 4.56. The van der Waals surface area contributed by atoms with Crippen LogP contribution < -0.4 is 0 Å². The lowest BCUT2D eigenvalue weighted by Gasteiger charge is -2.04. The Morgan fingerprint density at radius 3 is 2.65 bits per heavy atom. The Hall–Kier alpha value is -1.42. The Labute approximate surface area is 118 Å². The number of aryl methyl sites for hydroxylation is 2. The van der Waals surface area contributed by atoms with Crippen LogP contribution in [0.3, 0.4) is 0 Å². The summed E-state index contributed by atoms with van der Waals surface area (Å²) in [6.07, 6.45) is -2.81. The average molecular weight is 322 g/mol. The SMILES string of the molecule is Cc1ncsc1CS(=O)(=O)Cc1nnn(C)c1C(F)F. The van der Waals surface area contributed by atoms with Gasteiger partial charge in [0, 0.05) is 11.9 Å². The number of aromatic nitrogens is 4. The second-order valence-electron chi connectivity index (χ2n) is 4.24. The largest absolute Gasteiger partial charge is 0.281 e. The zero-order valence-corrected chi connectivity index (χ0v) is 12.4. The van der Waals surface area contributed by atoms with Crippen molar-refractivity contribution in [2.24, 2.45) is 7.05 Å². The van der Waals surface area contributed by atoms with Crippen LogP contribution in [-0.2, 0) is 28.4 Å². The number of rotatable bonds is 5. The van der Waals surface area contributed by atoms with Crippen LogP contribution in [0.1, 0.15) is 28.4 Å². The third-order valence-corrected chi connectivity index (χ3v) is 5.26. The van der Waals surface area contributed by atoms with E-state index in [1.54, 1.807) is 12.4 Å². The second-order valence-corrected chi connectivity index (χ2v) is 7.24. The molecule has 0 unspecified atom stereocenters. The third-order valence-electron chi connectivity index (χ3n) is 2.70. The summed E-state index contributed by atoms with van der Waals surface area (Å²) in [6, 6.07) is 0. The standard InChI is InChI=1S/C10H12F2N4O2S2/c1-6-8(19-5-13-6)4-20(17,18)3-7-9(10(11)12)16(2)15-14-7/h5,10H,3-4H2,1-2H3. The fraction of sp³-hybridized carbons (Fsp3) is 0.500. The summed E-state index contributed by atoms with van der Waals surface area (Å²) >= 11 is 1.22. The summed E-state index contributed by atoms with van der Waals surface area (Å²) < 4.78 is 50.7. The van der Waals surface area contributed by atoms with E-state index in [0.717, 1.165) is 4.68 Å². The first kappa shape index (κ1) is 15.0. The molecule has 0 aliphatic heterocycles. The number of thiazole rings is 1. The van der Waals surface area contributed by atoms with Crippen molar-refractivity contribution in [2.75, 3.05) is 0 Å². The topological polar surface area (TPSA) is 77.7 Å². The molecule has 0 radical (unpaired) electrons. The highest BCUT2D eigenvalue weighted by molar-refractivity contribution is 7.90. The number of hydrogen-bond donors (Lipinski definition) is 0. The van der Waals surface area contributed by atoms with Crippen molar-refractivity contribution in [2.45, 2.75) is 24.9 Å². The van der Waals surface area contributed by atoms with Gasteiger partial charge in [0.1, 0.15) is 11.4 Å². The molecule has 0 aromatic carbocycles. The Balaban J connectivity index is 2.23. The van der Waals surface area contributed by atoms with E-state index < -0.39 is 27.7 Å². The van der Waals surface area contributed by atoms with Gasteiger partial charge in [0.15, 0.2) is 9.84 Å². The molecule has 0 atom stereocenters.